The van der Waals surface area contributed by atoms with E-state index in [0.29, 0.717) is 5.56 Å². The molecule has 0 saturated heterocycles. The summed E-state index contributed by atoms with van der Waals surface area (Å²) in [6, 6.07) is 22.3. The number of H-pyrrole nitrogens is 1. The summed E-state index contributed by atoms with van der Waals surface area (Å²) >= 11 is 1.57. The van der Waals surface area contributed by atoms with Gasteiger partial charge in [0.2, 0.25) is 0 Å². The molecule has 0 aliphatic heterocycles. The fourth-order valence-corrected chi connectivity index (χ4v) is 4.33. The number of rotatable bonds is 5. The molecule has 29 heavy (non-hydrogen) atoms. The van der Waals surface area contributed by atoms with Gasteiger partial charge in [0.1, 0.15) is 6.33 Å². The van der Waals surface area contributed by atoms with E-state index in [1.54, 1.807) is 11.8 Å². The zero-order valence-corrected chi connectivity index (χ0v) is 16.4. The van der Waals surface area contributed by atoms with E-state index in [1.165, 1.54) is 28.6 Å². The first-order valence-electron chi connectivity index (χ1n) is 9.36. The second-order valence-electron chi connectivity index (χ2n) is 6.94. The highest BCUT2D eigenvalue weighted by Gasteiger charge is 2.18. The van der Waals surface area contributed by atoms with E-state index in [2.05, 4.69) is 56.9 Å². The van der Waals surface area contributed by atoms with Crippen molar-refractivity contribution in [3.8, 4) is 11.1 Å². The van der Waals surface area contributed by atoms with Crippen molar-refractivity contribution in [1.82, 2.24) is 15.2 Å². The van der Waals surface area contributed by atoms with Crippen LogP contribution in [0.25, 0.3) is 11.1 Å². The van der Waals surface area contributed by atoms with E-state index in [0.717, 1.165) is 28.6 Å². The van der Waals surface area contributed by atoms with Crippen molar-refractivity contribution in [1.29, 1.82) is 0 Å². The Hall–Kier alpha value is -3.38. The predicted molar refractivity (Wildman–Crippen MR) is 115 cm³/mol. The molecule has 1 heterocycles. The summed E-state index contributed by atoms with van der Waals surface area (Å²) in [5, 5.41) is 10.5. The third kappa shape index (κ3) is 3.67. The van der Waals surface area contributed by atoms with Crippen LogP contribution >= 0.6 is 11.8 Å². The number of amides is 1. The molecule has 0 unspecified atom stereocenters. The van der Waals surface area contributed by atoms with Gasteiger partial charge < -0.3 is 5.32 Å². The highest BCUT2D eigenvalue weighted by molar-refractivity contribution is 7.98. The van der Waals surface area contributed by atoms with Crippen molar-refractivity contribution < 1.29 is 4.79 Å². The van der Waals surface area contributed by atoms with Crippen molar-refractivity contribution in [2.24, 2.45) is 0 Å². The fourth-order valence-electron chi connectivity index (χ4n) is 3.59. The second-order valence-corrected chi connectivity index (χ2v) is 7.90. The molecule has 0 fully saturated rings. The Labute approximate surface area is 172 Å². The molecule has 1 aromatic heterocycles. The molecule has 0 radical (unpaired) electrons. The van der Waals surface area contributed by atoms with Crippen LogP contribution in [0.1, 0.15) is 27.0 Å². The van der Waals surface area contributed by atoms with Crippen LogP contribution in [0.15, 0.2) is 78.2 Å². The van der Waals surface area contributed by atoms with Gasteiger partial charge in [-0.1, -0.05) is 54.2 Å². The van der Waals surface area contributed by atoms with E-state index in [-0.39, 0.29) is 5.91 Å². The summed E-state index contributed by atoms with van der Waals surface area (Å²) < 4.78 is 0. The maximum atomic E-state index is 12.6. The smallest absolute Gasteiger partial charge is 0.255 e. The molecule has 1 aliphatic carbocycles. The Morgan fingerprint density at radius 1 is 1.00 bits per heavy atom. The molecule has 0 bridgehead atoms. The summed E-state index contributed by atoms with van der Waals surface area (Å²) in [5.74, 6) is 0.664. The number of aromatic amines is 1. The molecule has 3 aromatic carbocycles. The summed E-state index contributed by atoms with van der Waals surface area (Å²) in [6.45, 7) is 0. The highest BCUT2D eigenvalue weighted by Crippen LogP contribution is 2.37. The maximum absolute atomic E-state index is 12.6. The molecule has 2 N–H and O–H groups in total. The van der Waals surface area contributed by atoms with Crippen LogP contribution in [-0.4, -0.2) is 21.1 Å². The lowest BCUT2D eigenvalue weighted by atomic mass is 10.1. The largest absolute Gasteiger partial charge is 0.322 e. The van der Waals surface area contributed by atoms with Crippen molar-refractivity contribution in [2.45, 2.75) is 17.3 Å². The molecule has 1 amide bonds. The van der Waals surface area contributed by atoms with Crippen LogP contribution in [0.4, 0.5) is 5.69 Å². The van der Waals surface area contributed by atoms with Gasteiger partial charge >= 0.3 is 0 Å². The molecule has 1 aliphatic rings. The molecule has 0 spiro atoms. The zero-order valence-electron chi connectivity index (χ0n) is 15.6. The lowest BCUT2D eigenvalue weighted by molar-refractivity contribution is 0.102. The molecular weight excluding hydrogens is 380 g/mol. The predicted octanol–water partition coefficient (Wildman–Crippen LogP) is 4.92. The number of carbonyl (C=O) groups excluding carboxylic acids is 1. The minimum Gasteiger partial charge on any atom is -0.322 e. The van der Waals surface area contributed by atoms with Gasteiger partial charge in [0.25, 0.3) is 5.91 Å². The van der Waals surface area contributed by atoms with E-state index in [9.17, 15) is 4.79 Å². The number of nitrogens with zero attached hydrogens (tertiary/aromatic N) is 2. The van der Waals surface area contributed by atoms with E-state index in [4.69, 9.17) is 0 Å². The number of anilines is 1. The minimum atomic E-state index is -0.102. The maximum Gasteiger partial charge on any atom is 0.255 e. The van der Waals surface area contributed by atoms with Crippen molar-refractivity contribution in [2.75, 3.05) is 5.32 Å². The van der Waals surface area contributed by atoms with Crippen LogP contribution in [0.5, 0.6) is 0 Å². The fraction of sp³-hybridized carbons (Fsp3) is 0.0870. The Kier molecular flexibility index (Phi) is 4.62. The topological polar surface area (TPSA) is 70.7 Å². The summed E-state index contributed by atoms with van der Waals surface area (Å²) in [5.41, 5.74) is 7.73. The van der Waals surface area contributed by atoms with E-state index in [1.807, 2.05) is 30.3 Å². The average Bonchev–Trinajstić information content (AvgIpc) is 3.40. The Balaban J connectivity index is 1.25. The second kappa shape index (κ2) is 7.56. The highest BCUT2D eigenvalue weighted by atomic mass is 32.2. The number of thioether (sulfide) groups is 1. The van der Waals surface area contributed by atoms with Crippen molar-refractivity contribution in [3.63, 3.8) is 0 Å². The van der Waals surface area contributed by atoms with Crippen LogP contribution in [0.2, 0.25) is 0 Å². The van der Waals surface area contributed by atoms with Gasteiger partial charge in [-0.25, -0.2) is 4.98 Å². The zero-order chi connectivity index (χ0) is 19.6. The van der Waals surface area contributed by atoms with Gasteiger partial charge in [-0.05, 0) is 58.5 Å². The van der Waals surface area contributed by atoms with Gasteiger partial charge in [-0.3, -0.25) is 9.89 Å². The number of nitrogens with one attached hydrogen (secondary N) is 2. The molecule has 5 rings (SSSR count). The van der Waals surface area contributed by atoms with Crippen LogP contribution in [0.3, 0.4) is 0 Å². The first-order chi connectivity index (χ1) is 14.3. The molecular formula is C23H18N4OS. The standard InChI is InChI=1S/C23H18N4OS/c28-22(16-7-5-15(6-8-16)13-29-23-24-14-25-27-23)26-19-9-10-21-18(12-19)11-17-3-1-2-4-20(17)21/h1-10,12,14H,11,13H2,(H,26,28)(H,24,25,27). The first-order valence-corrected chi connectivity index (χ1v) is 10.3. The van der Waals surface area contributed by atoms with Gasteiger partial charge in [-0.2, -0.15) is 5.10 Å². The molecule has 0 atom stereocenters. The lowest BCUT2D eigenvalue weighted by Gasteiger charge is -2.08. The van der Waals surface area contributed by atoms with Gasteiger partial charge in [-0.15, -0.1) is 0 Å². The quantitative estimate of drug-likeness (QED) is 0.412. The van der Waals surface area contributed by atoms with Gasteiger partial charge in [0.15, 0.2) is 5.16 Å². The summed E-state index contributed by atoms with van der Waals surface area (Å²) in [7, 11) is 0. The summed E-state index contributed by atoms with van der Waals surface area (Å²) in [4.78, 5) is 16.7. The molecule has 6 heteroatoms. The van der Waals surface area contributed by atoms with Crippen LogP contribution in [-0.2, 0) is 12.2 Å². The third-order valence-electron chi connectivity index (χ3n) is 5.04. The van der Waals surface area contributed by atoms with Crippen molar-refractivity contribution in [3.05, 3.63) is 95.3 Å². The molecule has 0 saturated carbocycles. The van der Waals surface area contributed by atoms with Crippen molar-refractivity contribution >= 4 is 23.4 Å². The van der Waals surface area contributed by atoms with E-state index >= 15 is 0 Å². The number of hydrogen-bond acceptors (Lipinski definition) is 4. The molecule has 142 valence electrons. The van der Waals surface area contributed by atoms with Crippen LogP contribution < -0.4 is 5.32 Å². The minimum absolute atomic E-state index is 0.102. The Morgan fingerprint density at radius 3 is 2.66 bits per heavy atom. The Morgan fingerprint density at radius 2 is 1.83 bits per heavy atom. The third-order valence-corrected chi connectivity index (χ3v) is 5.98. The normalized spacial score (nSPS) is 11.7. The average molecular weight is 398 g/mol. The summed E-state index contributed by atoms with van der Waals surface area (Å²) in [6.07, 6.45) is 2.40. The molecule has 4 aromatic rings. The van der Waals surface area contributed by atoms with Gasteiger partial charge in [0.05, 0.1) is 0 Å². The monoisotopic (exact) mass is 398 g/mol. The molecule has 5 nitrogen and oxygen atoms in total. The number of benzene rings is 3. The number of hydrogen-bond donors (Lipinski definition) is 2. The van der Waals surface area contributed by atoms with E-state index < -0.39 is 0 Å². The number of aromatic nitrogens is 3. The Bertz CT molecular complexity index is 1170. The SMILES string of the molecule is O=C(Nc1ccc2c(c1)Cc1ccccc1-2)c1ccc(CSc2ncn[nH]2)cc1. The number of fused-ring (bicyclic) bond motifs is 3. The first kappa shape index (κ1) is 17.7. The number of carbonyl (C=O) groups is 1. The van der Waals surface area contributed by atoms with Crippen LogP contribution in [0, 0.1) is 0 Å². The lowest BCUT2D eigenvalue weighted by Crippen LogP contribution is -2.12. The van der Waals surface area contributed by atoms with Gasteiger partial charge in [0, 0.05) is 17.0 Å².